The van der Waals surface area contributed by atoms with Crippen LogP contribution in [0, 0.1) is 0 Å². The summed E-state index contributed by atoms with van der Waals surface area (Å²) >= 11 is 15.3. The minimum Gasteiger partial charge on any atom is -0.468 e. The Kier molecular flexibility index (Phi) is 3.39. The minimum absolute atomic E-state index is 0.00210. The average molecular weight is 306 g/mol. The highest BCUT2D eigenvalue weighted by Gasteiger charge is 2.13. The van der Waals surface area contributed by atoms with E-state index in [0.717, 1.165) is 11.3 Å². The molecule has 1 heterocycles. The van der Waals surface area contributed by atoms with Crippen molar-refractivity contribution >= 4 is 39.1 Å². The van der Waals surface area contributed by atoms with Gasteiger partial charge in [-0.3, -0.25) is 0 Å². The third-order valence-electron chi connectivity index (χ3n) is 2.03. The highest BCUT2D eigenvalue weighted by molar-refractivity contribution is 9.09. The van der Waals surface area contributed by atoms with Crippen LogP contribution in [0.4, 0.5) is 0 Å². The second-order valence-electron chi connectivity index (χ2n) is 3.05. The Morgan fingerprint density at radius 2 is 1.93 bits per heavy atom. The average Bonchev–Trinajstić information content (AvgIpc) is 2.74. The van der Waals surface area contributed by atoms with Gasteiger partial charge in [-0.15, -0.1) is 0 Å². The van der Waals surface area contributed by atoms with Gasteiger partial charge in [-0.2, -0.15) is 0 Å². The predicted octanol–water partition coefficient (Wildman–Crippen LogP) is 5.07. The maximum absolute atomic E-state index is 5.94. The molecule has 1 aromatic carbocycles. The third kappa shape index (κ3) is 2.39. The maximum Gasteiger partial charge on any atom is 0.121 e. The first-order chi connectivity index (χ1) is 7.18. The molecule has 0 saturated heterocycles. The lowest BCUT2D eigenvalue weighted by atomic mass is 10.1. The van der Waals surface area contributed by atoms with Crippen molar-refractivity contribution in [1.29, 1.82) is 0 Å². The molecular weight excluding hydrogens is 299 g/mol. The molecule has 0 aliphatic rings. The van der Waals surface area contributed by atoms with Gasteiger partial charge in [0.15, 0.2) is 0 Å². The van der Waals surface area contributed by atoms with Crippen molar-refractivity contribution in [3.05, 3.63) is 58.0 Å². The molecular formula is C11H7BrCl2O. The highest BCUT2D eigenvalue weighted by atomic mass is 79.9. The van der Waals surface area contributed by atoms with E-state index in [2.05, 4.69) is 15.9 Å². The Balaban J connectivity index is 2.34. The van der Waals surface area contributed by atoms with Crippen LogP contribution < -0.4 is 0 Å². The smallest absolute Gasteiger partial charge is 0.121 e. The quantitative estimate of drug-likeness (QED) is 0.706. The Labute approximate surface area is 106 Å². The first-order valence-corrected chi connectivity index (χ1v) is 5.98. The van der Waals surface area contributed by atoms with Crippen molar-refractivity contribution in [1.82, 2.24) is 0 Å². The third-order valence-corrected chi connectivity index (χ3v) is 3.75. The van der Waals surface area contributed by atoms with Gasteiger partial charge < -0.3 is 4.42 Å². The van der Waals surface area contributed by atoms with Gasteiger partial charge in [-0.1, -0.05) is 45.2 Å². The SMILES string of the molecule is Clc1ccc(C(Br)c2ccco2)cc1Cl. The van der Waals surface area contributed by atoms with Crippen LogP contribution in [0.3, 0.4) is 0 Å². The van der Waals surface area contributed by atoms with Gasteiger partial charge in [-0.25, -0.2) is 0 Å². The summed E-state index contributed by atoms with van der Waals surface area (Å²) in [4.78, 5) is 0.00210. The van der Waals surface area contributed by atoms with E-state index >= 15 is 0 Å². The molecule has 1 atom stereocenters. The van der Waals surface area contributed by atoms with Crippen molar-refractivity contribution in [3.63, 3.8) is 0 Å². The summed E-state index contributed by atoms with van der Waals surface area (Å²) in [5.74, 6) is 0.841. The maximum atomic E-state index is 5.94. The molecule has 0 amide bonds. The van der Waals surface area contributed by atoms with E-state index in [9.17, 15) is 0 Å². The van der Waals surface area contributed by atoms with Crippen LogP contribution in [0.2, 0.25) is 10.0 Å². The van der Waals surface area contributed by atoms with E-state index in [1.54, 1.807) is 12.3 Å². The van der Waals surface area contributed by atoms with Crippen molar-refractivity contribution < 1.29 is 4.42 Å². The van der Waals surface area contributed by atoms with Crippen LogP contribution >= 0.6 is 39.1 Å². The first kappa shape index (κ1) is 11.1. The normalized spacial score (nSPS) is 12.7. The highest BCUT2D eigenvalue weighted by Crippen LogP contribution is 2.34. The molecule has 0 bridgehead atoms. The molecule has 15 heavy (non-hydrogen) atoms. The van der Waals surface area contributed by atoms with Crippen LogP contribution in [0.15, 0.2) is 41.0 Å². The molecule has 0 N–H and O–H groups in total. The van der Waals surface area contributed by atoms with Crippen molar-refractivity contribution in [3.8, 4) is 0 Å². The van der Waals surface area contributed by atoms with Gasteiger partial charge in [-0.05, 0) is 29.8 Å². The van der Waals surface area contributed by atoms with E-state index in [1.165, 1.54) is 0 Å². The lowest BCUT2D eigenvalue weighted by Crippen LogP contribution is -1.90. The zero-order chi connectivity index (χ0) is 10.8. The van der Waals surface area contributed by atoms with Gasteiger partial charge in [0.25, 0.3) is 0 Å². The molecule has 0 aliphatic carbocycles. The Bertz CT molecular complexity index is 454. The summed E-state index contributed by atoms with van der Waals surface area (Å²) in [5, 5.41) is 1.10. The second kappa shape index (κ2) is 4.60. The number of furan rings is 1. The number of alkyl halides is 1. The largest absolute Gasteiger partial charge is 0.468 e. The van der Waals surface area contributed by atoms with Crippen molar-refractivity contribution in [2.75, 3.05) is 0 Å². The van der Waals surface area contributed by atoms with Gasteiger partial charge in [0.05, 0.1) is 21.1 Å². The monoisotopic (exact) mass is 304 g/mol. The van der Waals surface area contributed by atoms with Crippen LogP contribution in [0.5, 0.6) is 0 Å². The summed E-state index contributed by atoms with van der Waals surface area (Å²) in [6.45, 7) is 0. The molecule has 0 saturated carbocycles. The number of halogens is 3. The van der Waals surface area contributed by atoms with E-state index in [1.807, 2.05) is 24.3 Å². The molecule has 1 nitrogen and oxygen atoms in total. The summed E-state index contributed by atoms with van der Waals surface area (Å²) in [5.41, 5.74) is 1.01. The van der Waals surface area contributed by atoms with Gasteiger partial charge in [0, 0.05) is 0 Å². The summed E-state index contributed by atoms with van der Waals surface area (Å²) in [6, 6.07) is 9.27. The van der Waals surface area contributed by atoms with Gasteiger partial charge in [0.1, 0.15) is 5.76 Å². The fourth-order valence-electron chi connectivity index (χ4n) is 1.27. The van der Waals surface area contributed by atoms with E-state index in [-0.39, 0.29) is 4.83 Å². The van der Waals surface area contributed by atoms with E-state index in [0.29, 0.717) is 10.0 Å². The number of hydrogen-bond donors (Lipinski definition) is 0. The van der Waals surface area contributed by atoms with Crippen LogP contribution in [0.25, 0.3) is 0 Å². The van der Waals surface area contributed by atoms with E-state index < -0.39 is 0 Å². The van der Waals surface area contributed by atoms with E-state index in [4.69, 9.17) is 27.6 Å². The number of rotatable bonds is 2. The number of hydrogen-bond acceptors (Lipinski definition) is 1. The Morgan fingerprint density at radius 1 is 1.13 bits per heavy atom. The fraction of sp³-hybridized carbons (Fsp3) is 0.0909. The fourth-order valence-corrected chi connectivity index (χ4v) is 2.12. The van der Waals surface area contributed by atoms with Gasteiger partial charge >= 0.3 is 0 Å². The van der Waals surface area contributed by atoms with Crippen molar-refractivity contribution in [2.24, 2.45) is 0 Å². The molecule has 0 radical (unpaired) electrons. The van der Waals surface area contributed by atoms with Gasteiger partial charge in [0.2, 0.25) is 0 Å². The summed E-state index contributed by atoms with van der Waals surface area (Å²) in [7, 11) is 0. The van der Waals surface area contributed by atoms with Crippen LogP contribution in [-0.4, -0.2) is 0 Å². The predicted molar refractivity (Wildman–Crippen MR) is 65.9 cm³/mol. The van der Waals surface area contributed by atoms with Crippen LogP contribution in [0.1, 0.15) is 16.2 Å². The zero-order valence-electron chi connectivity index (χ0n) is 7.58. The first-order valence-electron chi connectivity index (χ1n) is 4.31. The molecule has 0 aliphatic heterocycles. The molecule has 0 fully saturated rings. The topological polar surface area (TPSA) is 13.1 Å². The Hall–Kier alpha value is -0.440. The molecule has 2 rings (SSSR count). The molecule has 78 valence electrons. The number of benzene rings is 1. The lowest BCUT2D eigenvalue weighted by molar-refractivity contribution is 0.519. The standard InChI is InChI=1S/C11H7BrCl2O/c12-11(10-2-1-5-15-10)7-3-4-8(13)9(14)6-7/h1-6,11H. The molecule has 0 spiro atoms. The summed E-state index contributed by atoms with van der Waals surface area (Å²) in [6.07, 6.45) is 1.64. The molecule has 1 unspecified atom stereocenters. The Morgan fingerprint density at radius 3 is 2.53 bits per heavy atom. The summed E-state index contributed by atoms with van der Waals surface area (Å²) < 4.78 is 5.30. The molecule has 1 aromatic heterocycles. The molecule has 4 heteroatoms. The lowest BCUT2D eigenvalue weighted by Gasteiger charge is -2.08. The zero-order valence-corrected chi connectivity index (χ0v) is 10.7. The molecule has 2 aromatic rings. The van der Waals surface area contributed by atoms with Crippen LogP contribution in [-0.2, 0) is 0 Å². The minimum atomic E-state index is 0.00210. The van der Waals surface area contributed by atoms with Crippen molar-refractivity contribution in [2.45, 2.75) is 4.83 Å². The second-order valence-corrected chi connectivity index (χ2v) is 4.78.